The Balaban J connectivity index is 1.60. The first-order chi connectivity index (χ1) is 10.4. The maximum atomic E-state index is 9.43. The SMILES string of the molecule is OCc1cccnc1N1CCC(Cc2ccccc2)CC1. The van der Waals surface area contributed by atoms with Crippen LogP contribution in [0.3, 0.4) is 0 Å². The van der Waals surface area contributed by atoms with Crippen molar-refractivity contribution in [1.29, 1.82) is 0 Å². The Morgan fingerprint density at radius 1 is 1.05 bits per heavy atom. The summed E-state index contributed by atoms with van der Waals surface area (Å²) in [6, 6.07) is 14.6. The van der Waals surface area contributed by atoms with Gasteiger partial charge in [0.15, 0.2) is 0 Å². The van der Waals surface area contributed by atoms with Crippen LogP contribution in [0.1, 0.15) is 24.0 Å². The molecule has 1 aromatic heterocycles. The number of piperidine rings is 1. The lowest BCUT2D eigenvalue weighted by atomic mass is 9.90. The van der Waals surface area contributed by atoms with Gasteiger partial charge in [0, 0.05) is 24.8 Å². The minimum absolute atomic E-state index is 0.0626. The van der Waals surface area contributed by atoms with Gasteiger partial charge in [-0.2, -0.15) is 0 Å². The molecule has 1 saturated heterocycles. The van der Waals surface area contributed by atoms with E-state index in [4.69, 9.17) is 0 Å². The molecule has 3 heteroatoms. The first-order valence-electron chi connectivity index (χ1n) is 7.70. The highest BCUT2D eigenvalue weighted by Crippen LogP contribution is 2.26. The Labute approximate surface area is 126 Å². The van der Waals surface area contributed by atoms with E-state index in [1.165, 1.54) is 24.8 Å². The number of rotatable bonds is 4. The van der Waals surface area contributed by atoms with E-state index in [9.17, 15) is 5.11 Å². The minimum Gasteiger partial charge on any atom is -0.392 e. The second-order valence-corrected chi connectivity index (χ2v) is 5.76. The monoisotopic (exact) mass is 282 g/mol. The van der Waals surface area contributed by atoms with Crippen LogP contribution in [-0.2, 0) is 13.0 Å². The van der Waals surface area contributed by atoms with E-state index in [-0.39, 0.29) is 6.61 Å². The first-order valence-corrected chi connectivity index (χ1v) is 7.70. The van der Waals surface area contributed by atoms with Gasteiger partial charge in [0.2, 0.25) is 0 Å². The summed E-state index contributed by atoms with van der Waals surface area (Å²) >= 11 is 0. The van der Waals surface area contributed by atoms with Gasteiger partial charge in [0.05, 0.1) is 6.61 Å². The van der Waals surface area contributed by atoms with Crippen LogP contribution in [0.5, 0.6) is 0 Å². The van der Waals surface area contributed by atoms with Crippen LogP contribution < -0.4 is 4.90 Å². The number of aliphatic hydroxyl groups is 1. The molecule has 2 aromatic rings. The summed E-state index contributed by atoms with van der Waals surface area (Å²) in [5, 5.41) is 9.43. The zero-order valence-corrected chi connectivity index (χ0v) is 12.3. The molecule has 1 aliphatic heterocycles. The summed E-state index contributed by atoms with van der Waals surface area (Å²) in [4.78, 5) is 6.76. The number of hydrogen-bond donors (Lipinski definition) is 1. The van der Waals surface area contributed by atoms with Gasteiger partial charge in [-0.1, -0.05) is 36.4 Å². The Bertz CT molecular complexity index is 562. The molecular weight excluding hydrogens is 260 g/mol. The summed E-state index contributed by atoms with van der Waals surface area (Å²) < 4.78 is 0. The molecule has 0 aliphatic carbocycles. The molecule has 0 spiro atoms. The molecule has 0 bridgehead atoms. The quantitative estimate of drug-likeness (QED) is 0.936. The van der Waals surface area contributed by atoms with E-state index >= 15 is 0 Å². The lowest BCUT2D eigenvalue weighted by Crippen LogP contribution is -2.35. The zero-order chi connectivity index (χ0) is 14.5. The molecule has 0 atom stereocenters. The van der Waals surface area contributed by atoms with E-state index < -0.39 is 0 Å². The molecule has 3 rings (SSSR count). The van der Waals surface area contributed by atoms with E-state index in [0.717, 1.165) is 30.4 Å². The molecule has 2 heterocycles. The van der Waals surface area contributed by atoms with E-state index in [0.29, 0.717) is 0 Å². The van der Waals surface area contributed by atoms with Gasteiger partial charge < -0.3 is 10.0 Å². The number of aromatic nitrogens is 1. The van der Waals surface area contributed by atoms with Crippen LogP contribution in [0, 0.1) is 5.92 Å². The minimum atomic E-state index is 0.0626. The lowest BCUT2D eigenvalue weighted by Gasteiger charge is -2.33. The van der Waals surface area contributed by atoms with Crippen molar-refractivity contribution in [2.75, 3.05) is 18.0 Å². The third kappa shape index (κ3) is 3.42. The third-order valence-electron chi connectivity index (χ3n) is 4.32. The van der Waals surface area contributed by atoms with Gasteiger partial charge in [0.1, 0.15) is 5.82 Å². The second-order valence-electron chi connectivity index (χ2n) is 5.76. The van der Waals surface area contributed by atoms with Crippen LogP contribution in [-0.4, -0.2) is 23.2 Å². The summed E-state index contributed by atoms with van der Waals surface area (Å²) in [6.45, 7) is 2.12. The molecular formula is C18H22N2O. The van der Waals surface area contributed by atoms with E-state index in [1.807, 2.05) is 18.3 Å². The smallest absolute Gasteiger partial charge is 0.134 e. The Morgan fingerprint density at radius 3 is 2.52 bits per heavy atom. The molecule has 0 saturated carbocycles. The summed E-state index contributed by atoms with van der Waals surface area (Å²) in [7, 11) is 0. The number of pyridine rings is 1. The van der Waals surface area contributed by atoms with Crippen molar-refractivity contribution in [3.63, 3.8) is 0 Å². The maximum absolute atomic E-state index is 9.43. The Morgan fingerprint density at radius 2 is 1.81 bits per heavy atom. The van der Waals surface area contributed by atoms with Crippen LogP contribution in [0.25, 0.3) is 0 Å². The summed E-state index contributed by atoms with van der Waals surface area (Å²) in [5.74, 6) is 1.71. The average Bonchev–Trinajstić information content (AvgIpc) is 2.56. The molecule has 0 radical (unpaired) electrons. The van der Waals surface area contributed by atoms with Gasteiger partial charge in [0.25, 0.3) is 0 Å². The fraction of sp³-hybridized carbons (Fsp3) is 0.389. The number of anilines is 1. The summed E-state index contributed by atoms with van der Waals surface area (Å²) in [5.41, 5.74) is 2.36. The zero-order valence-electron chi connectivity index (χ0n) is 12.3. The van der Waals surface area contributed by atoms with E-state index in [1.54, 1.807) is 0 Å². The number of benzene rings is 1. The fourth-order valence-electron chi connectivity index (χ4n) is 3.13. The maximum Gasteiger partial charge on any atom is 0.134 e. The van der Waals surface area contributed by atoms with Crippen LogP contribution in [0.4, 0.5) is 5.82 Å². The lowest BCUT2D eigenvalue weighted by molar-refractivity contribution is 0.281. The van der Waals surface area contributed by atoms with E-state index in [2.05, 4.69) is 40.2 Å². The molecule has 1 aliphatic rings. The third-order valence-corrected chi connectivity index (χ3v) is 4.32. The Kier molecular flexibility index (Phi) is 4.51. The Hall–Kier alpha value is -1.87. The van der Waals surface area contributed by atoms with Gasteiger partial charge >= 0.3 is 0 Å². The molecule has 110 valence electrons. The van der Waals surface area contributed by atoms with Crippen LogP contribution in [0.2, 0.25) is 0 Å². The highest BCUT2D eigenvalue weighted by molar-refractivity contribution is 5.46. The molecule has 1 aromatic carbocycles. The molecule has 1 N–H and O–H groups in total. The molecule has 3 nitrogen and oxygen atoms in total. The van der Waals surface area contributed by atoms with Gasteiger partial charge in [-0.05, 0) is 36.8 Å². The van der Waals surface area contributed by atoms with Gasteiger partial charge in [-0.15, -0.1) is 0 Å². The predicted octanol–water partition coefficient (Wildman–Crippen LogP) is 3.03. The van der Waals surface area contributed by atoms with Crippen molar-refractivity contribution in [3.8, 4) is 0 Å². The average molecular weight is 282 g/mol. The fourth-order valence-corrected chi connectivity index (χ4v) is 3.13. The van der Waals surface area contributed by atoms with Crippen molar-refractivity contribution in [2.24, 2.45) is 5.92 Å². The highest BCUT2D eigenvalue weighted by atomic mass is 16.3. The van der Waals surface area contributed by atoms with Crippen molar-refractivity contribution < 1.29 is 5.11 Å². The van der Waals surface area contributed by atoms with Gasteiger partial charge in [-0.3, -0.25) is 0 Å². The van der Waals surface area contributed by atoms with Crippen molar-refractivity contribution >= 4 is 5.82 Å². The number of hydrogen-bond acceptors (Lipinski definition) is 3. The van der Waals surface area contributed by atoms with Crippen molar-refractivity contribution in [2.45, 2.75) is 25.9 Å². The molecule has 0 unspecified atom stereocenters. The van der Waals surface area contributed by atoms with Crippen molar-refractivity contribution in [1.82, 2.24) is 4.98 Å². The normalized spacial score (nSPS) is 16.1. The van der Waals surface area contributed by atoms with Crippen LogP contribution in [0.15, 0.2) is 48.7 Å². The molecule has 21 heavy (non-hydrogen) atoms. The van der Waals surface area contributed by atoms with Crippen molar-refractivity contribution in [3.05, 3.63) is 59.8 Å². The number of nitrogens with zero attached hydrogens (tertiary/aromatic N) is 2. The first kappa shape index (κ1) is 14.1. The predicted molar refractivity (Wildman–Crippen MR) is 85.2 cm³/mol. The standard InChI is InChI=1S/C18H22N2O/c21-14-17-7-4-10-19-18(17)20-11-8-16(9-12-20)13-15-5-2-1-3-6-15/h1-7,10,16,21H,8-9,11-14H2. The topological polar surface area (TPSA) is 36.4 Å². The van der Waals surface area contributed by atoms with Gasteiger partial charge in [-0.25, -0.2) is 4.98 Å². The molecule has 0 amide bonds. The molecule has 1 fully saturated rings. The van der Waals surface area contributed by atoms with Crippen LogP contribution >= 0.6 is 0 Å². The number of aliphatic hydroxyl groups excluding tert-OH is 1. The summed E-state index contributed by atoms with van der Waals surface area (Å²) in [6.07, 6.45) is 5.36. The largest absolute Gasteiger partial charge is 0.392 e. The second kappa shape index (κ2) is 6.72. The highest BCUT2D eigenvalue weighted by Gasteiger charge is 2.21.